The van der Waals surface area contributed by atoms with Gasteiger partial charge in [-0.1, -0.05) is 6.07 Å². The summed E-state index contributed by atoms with van der Waals surface area (Å²) in [7, 11) is 3.14. The van der Waals surface area contributed by atoms with Gasteiger partial charge in [0, 0.05) is 48.8 Å². The second-order valence-electron chi connectivity index (χ2n) is 9.86. The van der Waals surface area contributed by atoms with E-state index in [0.717, 1.165) is 34.5 Å². The van der Waals surface area contributed by atoms with E-state index >= 15 is 0 Å². The van der Waals surface area contributed by atoms with Crippen molar-refractivity contribution < 1.29 is 32.2 Å². The van der Waals surface area contributed by atoms with E-state index in [4.69, 9.17) is 14.2 Å². The number of anilines is 3. The highest BCUT2D eigenvalue weighted by atomic mass is 19.4. The van der Waals surface area contributed by atoms with Gasteiger partial charge < -0.3 is 29.7 Å². The molecule has 2 N–H and O–H groups in total. The molecule has 2 heterocycles. The summed E-state index contributed by atoms with van der Waals surface area (Å²) in [5, 5.41) is 6.68. The molecule has 9 nitrogen and oxygen atoms in total. The average Bonchev–Trinajstić information content (AvgIpc) is 2.98. The SMILES string of the molecule is COc1cc2ncnc(Nc3ccc(OC4CCN(C(=O)Nc5cccc(C(F)(F)F)c5)CC4)c(C)c3)c2cc1OC. The van der Waals surface area contributed by atoms with Gasteiger partial charge in [-0.25, -0.2) is 14.8 Å². The zero-order valence-corrected chi connectivity index (χ0v) is 23.3. The molecule has 1 saturated heterocycles. The van der Waals surface area contributed by atoms with Crippen LogP contribution >= 0.6 is 0 Å². The van der Waals surface area contributed by atoms with E-state index in [1.54, 1.807) is 25.2 Å². The molecule has 42 heavy (non-hydrogen) atoms. The van der Waals surface area contributed by atoms with Gasteiger partial charge in [-0.15, -0.1) is 0 Å². The number of nitrogens with zero attached hydrogens (tertiary/aromatic N) is 3. The van der Waals surface area contributed by atoms with Gasteiger partial charge in [0.15, 0.2) is 11.5 Å². The third-order valence-corrected chi connectivity index (χ3v) is 7.04. The Morgan fingerprint density at radius 1 is 0.929 bits per heavy atom. The van der Waals surface area contributed by atoms with Gasteiger partial charge in [0.2, 0.25) is 0 Å². The van der Waals surface area contributed by atoms with E-state index in [1.165, 1.54) is 18.5 Å². The predicted octanol–water partition coefficient (Wildman–Crippen LogP) is 6.79. The number of aryl methyl sites for hydroxylation is 1. The monoisotopic (exact) mass is 581 g/mol. The number of carbonyl (C=O) groups excluding carboxylic acids is 1. The van der Waals surface area contributed by atoms with Crippen molar-refractivity contribution in [1.29, 1.82) is 0 Å². The second kappa shape index (κ2) is 12.0. The van der Waals surface area contributed by atoms with E-state index < -0.39 is 17.8 Å². The van der Waals surface area contributed by atoms with Crippen LogP contribution in [0, 0.1) is 6.92 Å². The largest absolute Gasteiger partial charge is 0.493 e. The molecule has 3 aromatic carbocycles. The molecule has 0 bridgehead atoms. The van der Waals surface area contributed by atoms with Crippen LogP contribution in [0.1, 0.15) is 24.0 Å². The zero-order valence-electron chi connectivity index (χ0n) is 23.3. The number of piperidine rings is 1. The number of likely N-dealkylation sites (tertiary alicyclic amines) is 1. The summed E-state index contributed by atoms with van der Waals surface area (Å²) in [4.78, 5) is 23.0. The Hall–Kier alpha value is -4.74. The molecule has 0 aliphatic carbocycles. The molecule has 0 spiro atoms. The minimum Gasteiger partial charge on any atom is -0.493 e. The molecule has 1 aliphatic rings. The maximum atomic E-state index is 13.0. The number of ether oxygens (including phenoxy) is 3. The van der Waals surface area contributed by atoms with Crippen LogP contribution in [0.4, 0.5) is 35.2 Å². The van der Waals surface area contributed by atoms with Crippen LogP contribution in [0.25, 0.3) is 10.9 Å². The van der Waals surface area contributed by atoms with Crippen molar-refractivity contribution in [2.24, 2.45) is 0 Å². The quantitative estimate of drug-likeness (QED) is 0.248. The van der Waals surface area contributed by atoms with E-state index in [-0.39, 0.29) is 11.8 Å². The molecule has 12 heteroatoms. The number of benzene rings is 3. The summed E-state index contributed by atoms with van der Waals surface area (Å²) < 4.78 is 56.0. The summed E-state index contributed by atoms with van der Waals surface area (Å²) in [6.07, 6.45) is -1.92. The Morgan fingerprint density at radius 3 is 2.36 bits per heavy atom. The van der Waals surface area contributed by atoms with Crippen LogP contribution in [0.3, 0.4) is 0 Å². The highest BCUT2D eigenvalue weighted by Crippen LogP contribution is 2.35. The number of hydrogen-bond donors (Lipinski definition) is 2. The van der Waals surface area contributed by atoms with Crippen molar-refractivity contribution in [3.05, 3.63) is 72.1 Å². The number of urea groups is 1. The Labute approximate surface area is 240 Å². The van der Waals surface area contributed by atoms with E-state index in [2.05, 4.69) is 20.6 Å². The molecule has 1 fully saturated rings. The molecular weight excluding hydrogens is 551 g/mol. The second-order valence-corrected chi connectivity index (χ2v) is 9.86. The normalized spacial score (nSPS) is 14.0. The molecular formula is C30H30F3N5O4. The number of aromatic nitrogens is 2. The number of alkyl halides is 3. The fraction of sp³-hybridized carbons (Fsp3) is 0.300. The lowest BCUT2D eigenvalue weighted by molar-refractivity contribution is -0.137. The maximum absolute atomic E-state index is 13.0. The Balaban J connectivity index is 1.19. The number of hydrogen-bond acceptors (Lipinski definition) is 7. The number of amides is 2. The van der Waals surface area contributed by atoms with Gasteiger partial charge in [0.1, 0.15) is 24.0 Å². The van der Waals surface area contributed by atoms with Crippen LogP contribution in [-0.4, -0.2) is 54.3 Å². The molecule has 0 unspecified atom stereocenters. The minimum absolute atomic E-state index is 0.103. The number of carbonyl (C=O) groups is 1. The molecule has 5 rings (SSSR count). The van der Waals surface area contributed by atoms with E-state index in [0.29, 0.717) is 48.8 Å². The van der Waals surface area contributed by atoms with Gasteiger partial charge in [-0.3, -0.25) is 0 Å². The topological polar surface area (TPSA) is 97.8 Å². The number of halogens is 3. The van der Waals surface area contributed by atoms with Crippen LogP contribution in [-0.2, 0) is 6.18 Å². The fourth-order valence-electron chi connectivity index (χ4n) is 4.81. The first-order valence-corrected chi connectivity index (χ1v) is 13.3. The number of nitrogens with one attached hydrogen (secondary N) is 2. The molecule has 1 aromatic heterocycles. The van der Waals surface area contributed by atoms with Crippen molar-refractivity contribution in [2.75, 3.05) is 37.9 Å². The summed E-state index contributed by atoms with van der Waals surface area (Å²) in [5.41, 5.74) is 1.73. The molecule has 0 atom stereocenters. The number of methoxy groups -OCH3 is 2. The standard InChI is InChI=1S/C30H30F3N5O4/c1-18-13-21(36-28-23-15-26(40-2)27(41-3)16-24(23)34-17-35-28)7-8-25(18)42-22-9-11-38(12-10-22)29(39)37-20-6-4-5-19(14-20)30(31,32)33/h4-8,13-17,22H,9-12H2,1-3H3,(H,37,39)(H,34,35,36). The molecule has 0 radical (unpaired) electrons. The van der Waals surface area contributed by atoms with Crippen molar-refractivity contribution >= 4 is 34.1 Å². The summed E-state index contributed by atoms with van der Waals surface area (Å²) in [5.74, 6) is 2.49. The Bertz CT molecular complexity index is 1590. The van der Waals surface area contributed by atoms with Gasteiger partial charge in [-0.05, 0) is 55.0 Å². The van der Waals surface area contributed by atoms with Gasteiger partial charge in [-0.2, -0.15) is 13.2 Å². The van der Waals surface area contributed by atoms with Gasteiger partial charge >= 0.3 is 12.2 Å². The predicted molar refractivity (Wildman–Crippen MR) is 153 cm³/mol. The lowest BCUT2D eigenvalue weighted by atomic mass is 10.1. The Morgan fingerprint density at radius 2 is 1.67 bits per heavy atom. The van der Waals surface area contributed by atoms with Crippen LogP contribution in [0.2, 0.25) is 0 Å². The lowest BCUT2D eigenvalue weighted by Gasteiger charge is -2.32. The number of rotatable bonds is 7. The fourth-order valence-corrected chi connectivity index (χ4v) is 4.81. The Kier molecular flexibility index (Phi) is 8.23. The summed E-state index contributed by atoms with van der Waals surface area (Å²) in [6, 6.07) is 13.5. The highest BCUT2D eigenvalue weighted by Gasteiger charge is 2.31. The first kappa shape index (κ1) is 28.8. The average molecular weight is 582 g/mol. The molecule has 0 saturated carbocycles. The van der Waals surface area contributed by atoms with Gasteiger partial charge in [0.25, 0.3) is 0 Å². The minimum atomic E-state index is -4.48. The molecule has 2 amide bonds. The van der Waals surface area contributed by atoms with Crippen molar-refractivity contribution in [3.63, 3.8) is 0 Å². The molecule has 1 aliphatic heterocycles. The first-order chi connectivity index (χ1) is 20.1. The van der Waals surface area contributed by atoms with E-state index in [1.807, 2.05) is 31.2 Å². The van der Waals surface area contributed by atoms with Crippen molar-refractivity contribution in [3.8, 4) is 17.2 Å². The van der Waals surface area contributed by atoms with E-state index in [9.17, 15) is 18.0 Å². The maximum Gasteiger partial charge on any atom is 0.416 e. The van der Waals surface area contributed by atoms with Crippen molar-refractivity contribution in [2.45, 2.75) is 32.0 Å². The number of fused-ring (bicyclic) bond motifs is 1. The summed E-state index contributed by atoms with van der Waals surface area (Å²) >= 11 is 0. The van der Waals surface area contributed by atoms with Crippen LogP contribution in [0.15, 0.2) is 60.9 Å². The first-order valence-electron chi connectivity index (χ1n) is 13.3. The third-order valence-electron chi connectivity index (χ3n) is 7.04. The molecule has 220 valence electrons. The van der Waals surface area contributed by atoms with Crippen LogP contribution in [0.5, 0.6) is 17.2 Å². The zero-order chi connectivity index (χ0) is 29.9. The van der Waals surface area contributed by atoms with Crippen molar-refractivity contribution in [1.82, 2.24) is 14.9 Å². The van der Waals surface area contributed by atoms with Crippen LogP contribution < -0.4 is 24.8 Å². The smallest absolute Gasteiger partial charge is 0.416 e. The third kappa shape index (κ3) is 6.42. The molecule has 4 aromatic rings. The highest BCUT2D eigenvalue weighted by molar-refractivity contribution is 5.93. The summed E-state index contributed by atoms with van der Waals surface area (Å²) in [6.45, 7) is 2.79. The van der Waals surface area contributed by atoms with Gasteiger partial charge in [0.05, 0.1) is 25.3 Å². The lowest BCUT2D eigenvalue weighted by Crippen LogP contribution is -2.43.